The summed E-state index contributed by atoms with van der Waals surface area (Å²) in [6.45, 7) is 7.62. The van der Waals surface area contributed by atoms with E-state index in [1.165, 1.54) is 38.8 Å². The summed E-state index contributed by atoms with van der Waals surface area (Å²) < 4.78 is 4.96. The maximum Gasteiger partial charge on any atom is 0.0587 e. The zero-order valence-electron chi connectivity index (χ0n) is 10.7. The first-order chi connectivity index (χ1) is 7.31. The molecule has 0 bridgehead atoms. The van der Waals surface area contributed by atoms with E-state index in [4.69, 9.17) is 4.74 Å². The second-order valence-electron chi connectivity index (χ2n) is 4.11. The Balaban J connectivity index is 3.02. The van der Waals surface area contributed by atoms with Gasteiger partial charge in [-0.3, -0.25) is 0 Å². The number of nitrogens with one attached hydrogen (secondary N) is 1. The van der Waals surface area contributed by atoms with E-state index in [1.807, 2.05) is 0 Å². The molecule has 0 saturated heterocycles. The Hall–Kier alpha value is -0.120. The van der Waals surface area contributed by atoms with Crippen LogP contribution in [0.2, 0.25) is 0 Å². The Morgan fingerprint density at radius 3 is 2.47 bits per heavy atom. The van der Waals surface area contributed by atoms with E-state index in [9.17, 15) is 0 Å². The second kappa shape index (κ2) is 12.0. The van der Waals surface area contributed by atoms with Gasteiger partial charge in [0.25, 0.3) is 0 Å². The maximum absolute atomic E-state index is 4.96. The van der Waals surface area contributed by atoms with Crippen LogP contribution in [0.3, 0.4) is 0 Å². The molecule has 0 aliphatic rings. The van der Waals surface area contributed by atoms with Gasteiger partial charge >= 0.3 is 0 Å². The van der Waals surface area contributed by atoms with Crippen molar-refractivity contribution in [1.29, 1.82) is 0 Å². The molecule has 0 aliphatic heterocycles. The van der Waals surface area contributed by atoms with Gasteiger partial charge in [-0.25, -0.2) is 0 Å². The first-order valence-electron chi connectivity index (χ1n) is 6.19. The van der Waals surface area contributed by atoms with Crippen LogP contribution in [0, 0.1) is 0 Å². The summed E-state index contributed by atoms with van der Waals surface area (Å²) in [6, 6.07) is 0. The van der Waals surface area contributed by atoms with Gasteiger partial charge in [0, 0.05) is 13.7 Å². The van der Waals surface area contributed by atoms with E-state index in [-0.39, 0.29) is 0 Å². The maximum atomic E-state index is 4.96. The van der Waals surface area contributed by atoms with Crippen LogP contribution >= 0.6 is 0 Å². The number of nitrogens with zero attached hydrogens (tertiary/aromatic N) is 1. The molecule has 0 radical (unpaired) electrons. The Kier molecular flexibility index (Phi) is 11.9. The number of rotatable bonds is 11. The van der Waals surface area contributed by atoms with Crippen LogP contribution < -0.4 is 5.32 Å². The minimum atomic E-state index is 0.816. The summed E-state index contributed by atoms with van der Waals surface area (Å²) in [5.41, 5.74) is 0. The third-order valence-corrected chi connectivity index (χ3v) is 2.52. The second-order valence-corrected chi connectivity index (χ2v) is 4.11. The predicted molar refractivity (Wildman–Crippen MR) is 66.4 cm³/mol. The van der Waals surface area contributed by atoms with E-state index < -0.39 is 0 Å². The Bertz CT molecular complexity index is 120. The van der Waals surface area contributed by atoms with E-state index in [1.54, 1.807) is 7.11 Å². The molecule has 3 heteroatoms. The molecule has 0 heterocycles. The molecule has 0 rings (SSSR count). The molecule has 0 atom stereocenters. The molecule has 0 aliphatic carbocycles. The van der Waals surface area contributed by atoms with E-state index >= 15 is 0 Å². The zero-order chi connectivity index (χ0) is 11.4. The smallest absolute Gasteiger partial charge is 0.0587 e. The number of hydrogen-bond donors (Lipinski definition) is 1. The van der Waals surface area contributed by atoms with Crippen LogP contribution in [0.15, 0.2) is 0 Å². The minimum Gasteiger partial charge on any atom is -0.383 e. The molecule has 0 spiro atoms. The van der Waals surface area contributed by atoms with Crippen molar-refractivity contribution >= 4 is 0 Å². The highest BCUT2D eigenvalue weighted by atomic mass is 16.5. The first kappa shape index (κ1) is 14.9. The summed E-state index contributed by atoms with van der Waals surface area (Å²) >= 11 is 0. The van der Waals surface area contributed by atoms with Gasteiger partial charge in [-0.2, -0.15) is 0 Å². The molecule has 1 N–H and O–H groups in total. The highest BCUT2D eigenvalue weighted by molar-refractivity contribution is 4.53. The van der Waals surface area contributed by atoms with Crippen molar-refractivity contribution in [2.75, 3.05) is 46.9 Å². The standard InChI is InChI=1S/C12H28N2O/c1-4-5-10-14(2)11-7-6-8-13-9-12-15-3/h13H,4-12H2,1-3H3. The Labute approximate surface area is 95.2 Å². The monoisotopic (exact) mass is 216 g/mol. The number of ether oxygens (including phenoxy) is 1. The summed E-state index contributed by atoms with van der Waals surface area (Å²) in [4.78, 5) is 2.43. The third-order valence-electron chi connectivity index (χ3n) is 2.52. The SMILES string of the molecule is CCCCN(C)CCCCNCCOC. The molecule has 15 heavy (non-hydrogen) atoms. The van der Waals surface area contributed by atoms with Gasteiger partial charge in [-0.15, -0.1) is 0 Å². The molecule has 0 aromatic heterocycles. The van der Waals surface area contributed by atoms with Gasteiger partial charge in [0.1, 0.15) is 0 Å². The van der Waals surface area contributed by atoms with Crippen molar-refractivity contribution in [3.05, 3.63) is 0 Å². The van der Waals surface area contributed by atoms with Crippen LogP contribution in [-0.4, -0.2) is 51.8 Å². The van der Waals surface area contributed by atoms with Gasteiger partial charge < -0.3 is 15.0 Å². The predicted octanol–water partition coefficient (Wildman–Crippen LogP) is 1.73. The van der Waals surface area contributed by atoms with Gasteiger partial charge in [0.2, 0.25) is 0 Å². The molecule has 0 aromatic carbocycles. The van der Waals surface area contributed by atoms with Crippen LogP contribution in [0.1, 0.15) is 32.6 Å². The Morgan fingerprint density at radius 1 is 1.07 bits per heavy atom. The highest BCUT2D eigenvalue weighted by Crippen LogP contribution is 1.95. The molecule has 92 valence electrons. The molecular weight excluding hydrogens is 188 g/mol. The van der Waals surface area contributed by atoms with Crippen molar-refractivity contribution in [1.82, 2.24) is 10.2 Å². The van der Waals surface area contributed by atoms with Gasteiger partial charge in [-0.1, -0.05) is 13.3 Å². The average Bonchev–Trinajstić information content (AvgIpc) is 2.25. The van der Waals surface area contributed by atoms with Crippen molar-refractivity contribution in [3.8, 4) is 0 Å². The molecule has 0 amide bonds. The van der Waals surface area contributed by atoms with E-state index in [0.29, 0.717) is 0 Å². The third kappa shape index (κ3) is 11.8. The van der Waals surface area contributed by atoms with Crippen molar-refractivity contribution in [2.45, 2.75) is 32.6 Å². The van der Waals surface area contributed by atoms with Crippen LogP contribution in [0.25, 0.3) is 0 Å². The average molecular weight is 216 g/mol. The lowest BCUT2D eigenvalue weighted by molar-refractivity contribution is 0.199. The van der Waals surface area contributed by atoms with E-state index in [0.717, 1.165) is 19.7 Å². The van der Waals surface area contributed by atoms with Crippen LogP contribution in [0.5, 0.6) is 0 Å². The lowest BCUT2D eigenvalue weighted by Crippen LogP contribution is -2.23. The van der Waals surface area contributed by atoms with Crippen LogP contribution in [0.4, 0.5) is 0 Å². The van der Waals surface area contributed by atoms with Crippen LogP contribution in [-0.2, 0) is 4.74 Å². The summed E-state index contributed by atoms with van der Waals surface area (Å²) in [7, 11) is 3.96. The lowest BCUT2D eigenvalue weighted by atomic mass is 10.2. The Morgan fingerprint density at radius 2 is 1.80 bits per heavy atom. The highest BCUT2D eigenvalue weighted by Gasteiger charge is 1.96. The zero-order valence-corrected chi connectivity index (χ0v) is 10.7. The largest absolute Gasteiger partial charge is 0.383 e. The fraction of sp³-hybridized carbons (Fsp3) is 1.00. The summed E-state index contributed by atoms with van der Waals surface area (Å²) in [6.07, 6.45) is 5.17. The fourth-order valence-corrected chi connectivity index (χ4v) is 1.47. The number of unbranched alkanes of at least 4 members (excludes halogenated alkanes) is 2. The summed E-state index contributed by atoms with van der Waals surface area (Å²) in [5.74, 6) is 0. The lowest BCUT2D eigenvalue weighted by Gasteiger charge is -2.15. The normalized spacial score (nSPS) is 11.2. The fourth-order valence-electron chi connectivity index (χ4n) is 1.47. The van der Waals surface area contributed by atoms with E-state index in [2.05, 4.69) is 24.2 Å². The van der Waals surface area contributed by atoms with Crippen molar-refractivity contribution in [2.24, 2.45) is 0 Å². The molecule has 0 saturated carbocycles. The summed E-state index contributed by atoms with van der Waals surface area (Å²) in [5, 5.41) is 3.36. The van der Waals surface area contributed by atoms with Gasteiger partial charge in [0.15, 0.2) is 0 Å². The molecule has 0 fully saturated rings. The number of methoxy groups -OCH3 is 1. The molecule has 3 nitrogen and oxygen atoms in total. The van der Waals surface area contributed by atoms with Gasteiger partial charge in [0.05, 0.1) is 6.61 Å². The van der Waals surface area contributed by atoms with Gasteiger partial charge in [-0.05, 0) is 45.9 Å². The first-order valence-corrected chi connectivity index (χ1v) is 6.19. The van der Waals surface area contributed by atoms with Crippen molar-refractivity contribution in [3.63, 3.8) is 0 Å². The van der Waals surface area contributed by atoms with Crippen molar-refractivity contribution < 1.29 is 4.74 Å². The molecule has 0 aromatic rings. The minimum absolute atomic E-state index is 0.816. The number of hydrogen-bond acceptors (Lipinski definition) is 3. The molecular formula is C12H28N2O. The topological polar surface area (TPSA) is 24.5 Å². The molecule has 0 unspecified atom stereocenters. The quantitative estimate of drug-likeness (QED) is 0.532.